The average Bonchev–Trinajstić information content (AvgIpc) is 3.43. The number of hydrazone groups is 1. The molecule has 2 heterocycles. The Morgan fingerprint density at radius 3 is 2.30 bits per heavy atom. The van der Waals surface area contributed by atoms with Crippen molar-refractivity contribution in [3.8, 4) is 5.69 Å². The van der Waals surface area contributed by atoms with Crippen LogP contribution in [0.15, 0.2) is 101 Å². The number of anilines is 1. The minimum absolute atomic E-state index is 0.0186. The molecule has 0 spiro atoms. The summed E-state index contributed by atoms with van der Waals surface area (Å²) in [4.78, 5) is 0. The van der Waals surface area contributed by atoms with Crippen LogP contribution in [0.4, 0.5) is 10.1 Å². The zero-order chi connectivity index (χ0) is 20.5. The normalized spacial score (nSPS) is 16.0. The van der Waals surface area contributed by atoms with E-state index in [0.29, 0.717) is 0 Å². The molecule has 148 valence electrons. The molecular weight excluding hydrogens is 443 g/mol. The molecule has 4 nitrogen and oxygen atoms in total. The fourth-order valence-corrected chi connectivity index (χ4v) is 3.92. The van der Waals surface area contributed by atoms with Gasteiger partial charge in [-0.15, -0.1) is 0 Å². The summed E-state index contributed by atoms with van der Waals surface area (Å²) in [5.41, 5.74) is 4.98. The Bertz CT molecular complexity index is 1180. The Morgan fingerprint density at radius 1 is 0.867 bits per heavy atom. The van der Waals surface area contributed by atoms with Crippen LogP contribution >= 0.6 is 15.9 Å². The smallest absolute Gasteiger partial charge is 0.123 e. The Morgan fingerprint density at radius 2 is 1.57 bits per heavy atom. The first-order valence-electron chi connectivity index (χ1n) is 9.65. The van der Waals surface area contributed by atoms with Crippen molar-refractivity contribution in [2.24, 2.45) is 5.10 Å². The molecule has 0 aliphatic carbocycles. The Labute approximate surface area is 182 Å². The van der Waals surface area contributed by atoms with Gasteiger partial charge >= 0.3 is 0 Å². The van der Waals surface area contributed by atoms with Gasteiger partial charge < -0.3 is 0 Å². The summed E-state index contributed by atoms with van der Waals surface area (Å²) >= 11 is 3.47. The largest absolute Gasteiger partial charge is 0.257 e. The summed E-state index contributed by atoms with van der Waals surface area (Å²) in [5.74, 6) is -0.259. The molecule has 1 unspecified atom stereocenters. The van der Waals surface area contributed by atoms with Crippen LogP contribution in [-0.4, -0.2) is 15.5 Å². The molecule has 1 aromatic heterocycles. The minimum atomic E-state index is -0.259. The fraction of sp³-hybridized carbons (Fsp3) is 0.0833. The maximum Gasteiger partial charge on any atom is 0.123 e. The first-order chi connectivity index (χ1) is 14.7. The fourth-order valence-electron chi connectivity index (χ4n) is 3.65. The number of nitrogens with zero attached hydrogens (tertiary/aromatic N) is 4. The van der Waals surface area contributed by atoms with Crippen LogP contribution in [0.25, 0.3) is 5.69 Å². The van der Waals surface area contributed by atoms with Gasteiger partial charge in [0, 0.05) is 22.7 Å². The van der Waals surface area contributed by atoms with E-state index in [2.05, 4.69) is 33.2 Å². The Kier molecular flexibility index (Phi) is 4.93. The van der Waals surface area contributed by atoms with Gasteiger partial charge in [0.25, 0.3) is 0 Å². The SMILES string of the molecule is Fc1ccc(N2N=C(c3ccccc3)CC2c2cnn(-c3ccc(Br)cc3)c2)cc1. The molecule has 4 aromatic rings. The number of aromatic nitrogens is 2. The third-order valence-electron chi connectivity index (χ3n) is 5.19. The highest BCUT2D eigenvalue weighted by Gasteiger charge is 2.31. The van der Waals surface area contributed by atoms with Crippen LogP contribution in [0.2, 0.25) is 0 Å². The summed E-state index contributed by atoms with van der Waals surface area (Å²) < 4.78 is 16.4. The highest BCUT2D eigenvalue weighted by atomic mass is 79.9. The van der Waals surface area contributed by atoms with Gasteiger partial charge in [-0.05, 0) is 54.1 Å². The quantitative estimate of drug-likeness (QED) is 0.367. The van der Waals surface area contributed by atoms with E-state index in [0.717, 1.165) is 39.1 Å². The molecule has 1 aliphatic rings. The van der Waals surface area contributed by atoms with Gasteiger partial charge in [-0.2, -0.15) is 10.2 Å². The molecule has 0 bridgehead atoms. The van der Waals surface area contributed by atoms with E-state index in [4.69, 9.17) is 5.10 Å². The van der Waals surface area contributed by atoms with Gasteiger partial charge in [-0.1, -0.05) is 46.3 Å². The topological polar surface area (TPSA) is 33.4 Å². The lowest BCUT2D eigenvalue weighted by Crippen LogP contribution is -2.18. The van der Waals surface area contributed by atoms with E-state index in [9.17, 15) is 4.39 Å². The predicted octanol–water partition coefficient (Wildman–Crippen LogP) is 6.13. The molecule has 1 atom stereocenters. The predicted molar refractivity (Wildman–Crippen MR) is 120 cm³/mol. The molecule has 0 saturated heterocycles. The second-order valence-electron chi connectivity index (χ2n) is 7.15. The third kappa shape index (κ3) is 3.66. The van der Waals surface area contributed by atoms with E-state index in [1.54, 1.807) is 12.1 Å². The molecule has 0 N–H and O–H groups in total. The zero-order valence-electron chi connectivity index (χ0n) is 16.0. The Balaban J connectivity index is 1.51. The molecule has 0 amide bonds. The summed E-state index contributed by atoms with van der Waals surface area (Å²) in [5, 5.41) is 11.4. The van der Waals surface area contributed by atoms with Crippen molar-refractivity contribution in [3.63, 3.8) is 0 Å². The molecule has 3 aromatic carbocycles. The maximum absolute atomic E-state index is 13.5. The van der Waals surface area contributed by atoms with Crippen molar-refractivity contribution in [2.75, 3.05) is 5.01 Å². The van der Waals surface area contributed by atoms with Crippen molar-refractivity contribution in [2.45, 2.75) is 12.5 Å². The van der Waals surface area contributed by atoms with Crippen LogP contribution in [-0.2, 0) is 0 Å². The summed E-state index contributed by atoms with van der Waals surface area (Å²) in [6.45, 7) is 0. The van der Waals surface area contributed by atoms with Crippen molar-refractivity contribution in [1.82, 2.24) is 9.78 Å². The lowest BCUT2D eigenvalue weighted by atomic mass is 10.0. The number of halogens is 2. The lowest BCUT2D eigenvalue weighted by molar-refractivity contribution is 0.626. The van der Waals surface area contributed by atoms with Gasteiger partial charge in [0.15, 0.2) is 0 Å². The minimum Gasteiger partial charge on any atom is -0.257 e. The van der Waals surface area contributed by atoms with Crippen LogP contribution in [0.3, 0.4) is 0 Å². The summed E-state index contributed by atoms with van der Waals surface area (Å²) in [7, 11) is 0. The van der Waals surface area contributed by atoms with Gasteiger partial charge in [-0.25, -0.2) is 9.07 Å². The second kappa shape index (κ2) is 7.88. The third-order valence-corrected chi connectivity index (χ3v) is 5.72. The highest BCUT2D eigenvalue weighted by molar-refractivity contribution is 9.10. The van der Waals surface area contributed by atoms with Gasteiger partial charge in [-0.3, -0.25) is 5.01 Å². The molecular formula is C24H18BrFN4. The van der Waals surface area contributed by atoms with Crippen molar-refractivity contribution < 1.29 is 4.39 Å². The molecule has 5 rings (SSSR count). The standard InChI is InChI=1S/C24H18BrFN4/c25-19-6-10-21(11-7-19)29-16-18(15-27-29)24-14-23(17-4-2-1-3-5-17)28-30(24)22-12-8-20(26)9-13-22/h1-13,15-16,24H,14H2. The van der Waals surface area contributed by atoms with Gasteiger partial charge in [0.2, 0.25) is 0 Å². The van der Waals surface area contributed by atoms with Crippen molar-refractivity contribution >= 4 is 27.3 Å². The van der Waals surface area contributed by atoms with E-state index in [1.807, 2.05) is 64.5 Å². The van der Waals surface area contributed by atoms with E-state index in [1.165, 1.54) is 12.1 Å². The van der Waals surface area contributed by atoms with Crippen molar-refractivity contribution in [1.29, 1.82) is 0 Å². The number of hydrogen-bond donors (Lipinski definition) is 0. The van der Waals surface area contributed by atoms with Crippen molar-refractivity contribution in [3.05, 3.63) is 113 Å². The van der Waals surface area contributed by atoms with E-state index in [-0.39, 0.29) is 11.9 Å². The molecule has 0 fully saturated rings. The number of rotatable bonds is 4. The molecule has 30 heavy (non-hydrogen) atoms. The van der Waals surface area contributed by atoms with E-state index < -0.39 is 0 Å². The molecule has 0 radical (unpaired) electrons. The Hall–Kier alpha value is -3.25. The highest BCUT2D eigenvalue weighted by Crippen LogP contribution is 2.36. The van der Waals surface area contributed by atoms with Crippen LogP contribution in [0, 0.1) is 5.82 Å². The van der Waals surface area contributed by atoms with E-state index >= 15 is 0 Å². The number of benzene rings is 3. The van der Waals surface area contributed by atoms with Gasteiger partial charge in [0.05, 0.1) is 29.3 Å². The first kappa shape index (κ1) is 18.8. The van der Waals surface area contributed by atoms with Crippen LogP contribution < -0.4 is 5.01 Å². The summed E-state index contributed by atoms with van der Waals surface area (Å²) in [6, 6.07) is 24.6. The molecule has 6 heteroatoms. The maximum atomic E-state index is 13.5. The molecule has 1 aliphatic heterocycles. The number of hydrogen-bond acceptors (Lipinski definition) is 3. The lowest BCUT2D eigenvalue weighted by Gasteiger charge is -2.22. The summed E-state index contributed by atoms with van der Waals surface area (Å²) in [6.07, 6.45) is 4.66. The van der Waals surface area contributed by atoms with Crippen LogP contribution in [0.1, 0.15) is 23.6 Å². The average molecular weight is 461 g/mol. The van der Waals surface area contributed by atoms with Gasteiger partial charge in [0.1, 0.15) is 5.82 Å². The monoisotopic (exact) mass is 460 g/mol. The van der Waals surface area contributed by atoms with Crippen LogP contribution in [0.5, 0.6) is 0 Å². The first-order valence-corrected chi connectivity index (χ1v) is 10.4. The second-order valence-corrected chi connectivity index (χ2v) is 8.06. The molecule has 0 saturated carbocycles. The zero-order valence-corrected chi connectivity index (χ0v) is 17.6.